The zero-order valence-electron chi connectivity index (χ0n) is 12.7. The topological polar surface area (TPSA) is 41.1 Å². The maximum absolute atomic E-state index is 13.3. The fraction of sp³-hybridized carbons (Fsp3) is 0.588. The highest BCUT2D eigenvalue weighted by molar-refractivity contribution is 5.82. The summed E-state index contributed by atoms with van der Waals surface area (Å²) < 4.78 is 26.2. The maximum atomic E-state index is 13.3. The van der Waals surface area contributed by atoms with E-state index in [9.17, 15) is 13.6 Å². The summed E-state index contributed by atoms with van der Waals surface area (Å²) in [5, 5.41) is 6.33. The lowest BCUT2D eigenvalue weighted by Crippen LogP contribution is -2.43. The summed E-state index contributed by atoms with van der Waals surface area (Å²) in [6.45, 7) is 1.78. The number of benzene rings is 1. The average Bonchev–Trinajstić information content (AvgIpc) is 2.94. The predicted molar refractivity (Wildman–Crippen MR) is 80.2 cm³/mol. The number of carbonyl (C=O) groups excluding carboxylic acids is 1. The van der Waals surface area contributed by atoms with Gasteiger partial charge in [0.2, 0.25) is 5.91 Å². The summed E-state index contributed by atoms with van der Waals surface area (Å²) >= 11 is 0. The summed E-state index contributed by atoms with van der Waals surface area (Å²) in [7, 11) is 0. The Kier molecular flexibility index (Phi) is 4.43. The van der Waals surface area contributed by atoms with Crippen LogP contribution in [0, 0.1) is 17.6 Å². The lowest BCUT2D eigenvalue weighted by Gasteiger charge is -2.24. The summed E-state index contributed by atoms with van der Waals surface area (Å²) in [5.74, 6) is -1.21. The molecule has 22 heavy (non-hydrogen) atoms. The molecule has 0 aromatic heterocycles. The Morgan fingerprint density at radius 1 is 1.27 bits per heavy atom. The van der Waals surface area contributed by atoms with E-state index < -0.39 is 11.6 Å². The maximum Gasteiger partial charge on any atom is 0.237 e. The van der Waals surface area contributed by atoms with Gasteiger partial charge in [0.25, 0.3) is 0 Å². The molecule has 2 fully saturated rings. The third kappa shape index (κ3) is 3.14. The lowest BCUT2D eigenvalue weighted by atomic mass is 9.85. The largest absolute Gasteiger partial charge is 0.348 e. The number of fused-ring (bicyclic) bond motifs is 1. The lowest BCUT2D eigenvalue weighted by molar-refractivity contribution is -0.123. The van der Waals surface area contributed by atoms with Crippen LogP contribution in [0.15, 0.2) is 18.2 Å². The van der Waals surface area contributed by atoms with Crippen molar-refractivity contribution in [2.45, 2.75) is 57.2 Å². The number of halogens is 2. The first-order chi connectivity index (χ1) is 10.5. The third-order valence-corrected chi connectivity index (χ3v) is 4.98. The molecule has 0 radical (unpaired) electrons. The van der Waals surface area contributed by atoms with Crippen LogP contribution in [0.2, 0.25) is 0 Å². The van der Waals surface area contributed by atoms with E-state index in [0.717, 1.165) is 25.0 Å². The second-order valence-electron chi connectivity index (χ2n) is 6.51. The van der Waals surface area contributed by atoms with Crippen LogP contribution in [0.5, 0.6) is 0 Å². The molecule has 1 aliphatic heterocycles. The standard InChI is InChI=1S/C17H22F2N2O/c1-10(11-6-7-13(18)14(19)8-11)20-17(22)16-9-12-4-2-3-5-15(12)21-16/h6-8,10,12,15-16,21H,2-5,9H2,1H3,(H,20,22). The van der Waals surface area contributed by atoms with Crippen molar-refractivity contribution in [2.24, 2.45) is 5.92 Å². The van der Waals surface area contributed by atoms with E-state index in [1.165, 1.54) is 25.3 Å². The van der Waals surface area contributed by atoms with Crippen LogP contribution in [-0.4, -0.2) is 18.0 Å². The average molecular weight is 308 g/mol. The number of hydrogen-bond acceptors (Lipinski definition) is 2. The van der Waals surface area contributed by atoms with E-state index in [1.54, 1.807) is 6.92 Å². The predicted octanol–water partition coefficient (Wildman–Crippen LogP) is 3.06. The van der Waals surface area contributed by atoms with Crippen LogP contribution in [0.1, 0.15) is 50.6 Å². The van der Waals surface area contributed by atoms with Gasteiger partial charge in [0.15, 0.2) is 11.6 Å². The van der Waals surface area contributed by atoms with E-state index in [2.05, 4.69) is 10.6 Å². The number of amides is 1. The van der Waals surface area contributed by atoms with Gasteiger partial charge < -0.3 is 10.6 Å². The van der Waals surface area contributed by atoms with Crippen LogP contribution < -0.4 is 10.6 Å². The number of carbonyl (C=O) groups is 1. The van der Waals surface area contributed by atoms with E-state index >= 15 is 0 Å². The van der Waals surface area contributed by atoms with Crippen LogP contribution in [-0.2, 0) is 4.79 Å². The van der Waals surface area contributed by atoms with Gasteiger partial charge in [-0.15, -0.1) is 0 Å². The van der Waals surface area contributed by atoms with Gasteiger partial charge in [0, 0.05) is 6.04 Å². The molecule has 1 heterocycles. The molecule has 2 aliphatic rings. The second kappa shape index (κ2) is 6.32. The minimum absolute atomic E-state index is 0.0494. The van der Waals surface area contributed by atoms with Crippen LogP contribution in [0.25, 0.3) is 0 Å². The number of nitrogens with one attached hydrogen (secondary N) is 2. The highest BCUT2D eigenvalue weighted by Gasteiger charge is 2.38. The molecule has 1 amide bonds. The summed E-state index contributed by atoms with van der Waals surface area (Å²) in [4.78, 5) is 12.4. The first-order valence-electron chi connectivity index (χ1n) is 8.06. The number of hydrogen-bond donors (Lipinski definition) is 2. The molecular formula is C17H22F2N2O. The van der Waals surface area contributed by atoms with E-state index in [0.29, 0.717) is 17.5 Å². The monoisotopic (exact) mass is 308 g/mol. The molecule has 1 aliphatic carbocycles. The van der Waals surface area contributed by atoms with Gasteiger partial charge in [-0.2, -0.15) is 0 Å². The van der Waals surface area contributed by atoms with Crippen molar-refractivity contribution in [1.29, 1.82) is 0 Å². The highest BCUT2D eigenvalue weighted by atomic mass is 19.2. The Hall–Kier alpha value is -1.49. The second-order valence-corrected chi connectivity index (χ2v) is 6.51. The molecule has 0 bridgehead atoms. The molecule has 3 rings (SSSR count). The first-order valence-corrected chi connectivity index (χ1v) is 8.06. The van der Waals surface area contributed by atoms with Crippen LogP contribution >= 0.6 is 0 Å². The minimum Gasteiger partial charge on any atom is -0.348 e. The van der Waals surface area contributed by atoms with Crippen molar-refractivity contribution >= 4 is 5.91 Å². The Balaban J connectivity index is 1.60. The van der Waals surface area contributed by atoms with Gasteiger partial charge in [0.1, 0.15) is 0 Å². The van der Waals surface area contributed by atoms with Crippen molar-refractivity contribution in [3.8, 4) is 0 Å². The Labute approximate surface area is 129 Å². The van der Waals surface area contributed by atoms with Crippen LogP contribution in [0.4, 0.5) is 8.78 Å². The highest BCUT2D eigenvalue weighted by Crippen LogP contribution is 2.33. The molecular weight excluding hydrogens is 286 g/mol. The van der Waals surface area contributed by atoms with Gasteiger partial charge in [-0.25, -0.2) is 8.78 Å². The molecule has 1 aromatic rings. The Morgan fingerprint density at radius 3 is 2.77 bits per heavy atom. The molecule has 4 atom stereocenters. The molecule has 0 spiro atoms. The minimum atomic E-state index is -0.886. The third-order valence-electron chi connectivity index (χ3n) is 4.98. The Bertz CT molecular complexity index is 550. The van der Waals surface area contributed by atoms with Gasteiger partial charge in [0.05, 0.1) is 12.1 Å². The summed E-state index contributed by atoms with van der Waals surface area (Å²) in [6.07, 6.45) is 5.70. The zero-order valence-corrected chi connectivity index (χ0v) is 12.7. The van der Waals surface area contributed by atoms with Gasteiger partial charge in [-0.1, -0.05) is 18.9 Å². The molecule has 1 saturated heterocycles. The summed E-state index contributed by atoms with van der Waals surface area (Å²) in [5.41, 5.74) is 0.572. The van der Waals surface area contributed by atoms with Crippen molar-refractivity contribution in [3.63, 3.8) is 0 Å². The summed E-state index contributed by atoms with van der Waals surface area (Å²) in [6, 6.07) is 3.69. The fourth-order valence-electron chi connectivity index (χ4n) is 3.70. The van der Waals surface area contributed by atoms with Crippen molar-refractivity contribution in [3.05, 3.63) is 35.4 Å². The van der Waals surface area contributed by atoms with Crippen molar-refractivity contribution in [2.75, 3.05) is 0 Å². The molecule has 2 N–H and O–H groups in total. The molecule has 1 aromatic carbocycles. The zero-order chi connectivity index (χ0) is 15.7. The SMILES string of the molecule is CC(NC(=O)C1CC2CCCCC2N1)c1ccc(F)c(F)c1. The molecule has 5 heteroatoms. The van der Waals surface area contributed by atoms with Gasteiger partial charge >= 0.3 is 0 Å². The Morgan fingerprint density at radius 2 is 2.05 bits per heavy atom. The molecule has 1 saturated carbocycles. The van der Waals surface area contributed by atoms with Gasteiger partial charge in [-0.3, -0.25) is 4.79 Å². The first kappa shape index (κ1) is 15.4. The molecule has 3 nitrogen and oxygen atoms in total. The van der Waals surface area contributed by atoms with Crippen molar-refractivity contribution < 1.29 is 13.6 Å². The van der Waals surface area contributed by atoms with E-state index in [-0.39, 0.29) is 18.0 Å². The smallest absolute Gasteiger partial charge is 0.237 e. The van der Waals surface area contributed by atoms with Crippen LogP contribution in [0.3, 0.4) is 0 Å². The van der Waals surface area contributed by atoms with E-state index in [1.807, 2.05) is 0 Å². The quantitative estimate of drug-likeness (QED) is 0.901. The normalized spacial score (nSPS) is 29.0. The van der Waals surface area contributed by atoms with Gasteiger partial charge in [-0.05, 0) is 49.8 Å². The fourth-order valence-corrected chi connectivity index (χ4v) is 3.70. The number of rotatable bonds is 3. The van der Waals surface area contributed by atoms with E-state index in [4.69, 9.17) is 0 Å². The molecule has 120 valence electrons. The van der Waals surface area contributed by atoms with Crippen molar-refractivity contribution in [1.82, 2.24) is 10.6 Å². The molecule has 4 unspecified atom stereocenters.